The summed E-state index contributed by atoms with van der Waals surface area (Å²) in [5, 5.41) is 3.76. The maximum Gasteiger partial charge on any atom is 0.00698 e. The Morgan fingerprint density at radius 1 is 1.07 bits per heavy atom. The molecule has 1 heteroatoms. The lowest BCUT2D eigenvalue weighted by Crippen LogP contribution is -2.41. The molecule has 0 heterocycles. The van der Waals surface area contributed by atoms with E-state index in [1.165, 1.54) is 32.1 Å². The second-order valence-electron chi connectivity index (χ2n) is 5.33. The molecule has 1 aliphatic rings. The van der Waals surface area contributed by atoms with Crippen molar-refractivity contribution in [1.82, 2.24) is 5.32 Å². The summed E-state index contributed by atoms with van der Waals surface area (Å²) in [4.78, 5) is 0. The third kappa shape index (κ3) is 3.61. The van der Waals surface area contributed by atoms with Gasteiger partial charge in [-0.2, -0.15) is 0 Å². The lowest BCUT2D eigenvalue weighted by Gasteiger charge is -2.32. The second kappa shape index (κ2) is 5.75. The Balaban J connectivity index is 2.22. The molecule has 0 saturated heterocycles. The van der Waals surface area contributed by atoms with Gasteiger partial charge in [-0.1, -0.05) is 27.2 Å². The minimum absolute atomic E-state index is 0.679. The largest absolute Gasteiger partial charge is 0.311 e. The molecule has 1 N–H and O–H groups in total. The summed E-state index contributed by atoms with van der Waals surface area (Å²) < 4.78 is 0. The van der Waals surface area contributed by atoms with Crippen molar-refractivity contribution in [2.75, 3.05) is 0 Å². The van der Waals surface area contributed by atoms with Crippen LogP contribution in [0.3, 0.4) is 0 Å². The molecule has 0 aromatic heterocycles. The van der Waals surface area contributed by atoms with Crippen molar-refractivity contribution in [3.05, 3.63) is 0 Å². The first kappa shape index (κ1) is 12.0. The van der Waals surface area contributed by atoms with Crippen molar-refractivity contribution in [3.8, 4) is 0 Å². The second-order valence-corrected chi connectivity index (χ2v) is 5.33. The van der Waals surface area contributed by atoms with Crippen LogP contribution in [0.4, 0.5) is 0 Å². The topological polar surface area (TPSA) is 12.0 Å². The summed E-state index contributed by atoms with van der Waals surface area (Å²) in [6.45, 7) is 9.25. The number of hydrogen-bond donors (Lipinski definition) is 1. The van der Waals surface area contributed by atoms with Gasteiger partial charge in [-0.15, -0.1) is 0 Å². The summed E-state index contributed by atoms with van der Waals surface area (Å²) in [5.41, 5.74) is 0. The molecule has 0 bridgehead atoms. The maximum absolute atomic E-state index is 3.76. The molecular formula is C13H27N. The third-order valence-corrected chi connectivity index (χ3v) is 3.92. The Bertz CT molecular complexity index is 145. The SMILES string of the molecule is CCC1CCC(NC(C)C(C)C)CC1. The predicted molar refractivity (Wildman–Crippen MR) is 63.5 cm³/mol. The van der Waals surface area contributed by atoms with Crippen molar-refractivity contribution in [2.45, 2.75) is 71.9 Å². The highest BCUT2D eigenvalue weighted by Crippen LogP contribution is 2.26. The molecule has 0 radical (unpaired) electrons. The van der Waals surface area contributed by atoms with Crippen molar-refractivity contribution < 1.29 is 0 Å². The third-order valence-electron chi connectivity index (χ3n) is 3.92. The van der Waals surface area contributed by atoms with E-state index in [1.807, 2.05) is 0 Å². The van der Waals surface area contributed by atoms with Gasteiger partial charge in [-0.05, 0) is 44.4 Å². The van der Waals surface area contributed by atoms with Crippen molar-refractivity contribution in [2.24, 2.45) is 11.8 Å². The highest BCUT2D eigenvalue weighted by molar-refractivity contribution is 4.79. The summed E-state index contributed by atoms with van der Waals surface area (Å²) in [6.07, 6.45) is 7.07. The molecule has 1 rings (SSSR count). The summed E-state index contributed by atoms with van der Waals surface area (Å²) in [7, 11) is 0. The predicted octanol–water partition coefficient (Wildman–Crippen LogP) is 3.59. The number of rotatable bonds is 4. The molecule has 0 aromatic rings. The molecular weight excluding hydrogens is 170 g/mol. The van der Waals surface area contributed by atoms with Gasteiger partial charge in [-0.25, -0.2) is 0 Å². The van der Waals surface area contributed by atoms with Crippen LogP contribution in [-0.4, -0.2) is 12.1 Å². The molecule has 0 aliphatic heterocycles. The molecule has 1 aliphatic carbocycles. The van der Waals surface area contributed by atoms with Crippen LogP contribution in [0.25, 0.3) is 0 Å². The quantitative estimate of drug-likeness (QED) is 0.726. The van der Waals surface area contributed by atoms with Gasteiger partial charge in [0.1, 0.15) is 0 Å². The zero-order valence-electron chi connectivity index (χ0n) is 10.3. The first-order valence-electron chi connectivity index (χ1n) is 6.39. The van der Waals surface area contributed by atoms with Gasteiger partial charge in [0.05, 0.1) is 0 Å². The van der Waals surface area contributed by atoms with Crippen LogP contribution >= 0.6 is 0 Å². The van der Waals surface area contributed by atoms with Crippen molar-refractivity contribution in [3.63, 3.8) is 0 Å². The molecule has 1 atom stereocenters. The Morgan fingerprint density at radius 2 is 1.64 bits per heavy atom. The summed E-state index contributed by atoms with van der Waals surface area (Å²) >= 11 is 0. The molecule has 1 unspecified atom stereocenters. The molecule has 84 valence electrons. The number of hydrogen-bond acceptors (Lipinski definition) is 1. The number of nitrogens with one attached hydrogen (secondary N) is 1. The fourth-order valence-corrected chi connectivity index (χ4v) is 2.30. The smallest absolute Gasteiger partial charge is 0.00698 e. The highest BCUT2D eigenvalue weighted by Gasteiger charge is 2.21. The Morgan fingerprint density at radius 3 is 2.07 bits per heavy atom. The van der Waals surface area contributed by atoms with Crippen LogP contribution in [-0.2, 0) is 0 Å². The minimum Gasteiger partial charge on any atom is -0.311 e. The standard InChI is InChI=1S/C13H27N/c1-5-12-6-8-13(9-7-12)14-11(4)10(2)3/h10-14H,5-9H2,1-4H3. The van der Waals surface area contributed by atoms with Crippen LogP contribution in [0.5, 0.6) is 0 Å². The van der Waals surface area contributed by atoms with Crippen LogP contribution < -0.4 is 5.32 Å². The fourth-order valence-electron chi connectivity index (χ4n) is 2.30. The van der Waals surface area contributed by atoms with E-state index in [4.69, 9.17) is 0 Å². The van der Waals surface area contributed by atoms with Gasteiger partial charge < -0.3 is 5.32 Å². The van der Waals surface area contributed by atoms with E-state index in [-0.39, 0.29) is 0 Å². The average Bonchev–Trinajstić information content (AvgIpc) is 2.19. The molecule has 1 nitrogen and oxygen atoms in total. The Labute approximate surface area is 89.7 Å². The van der Waals surface area contributed by atoms with Gasteiger partial charge in [0, 0.05) is 12.1 Å². The highest BCUT2D eigenvalue weighted by atomic mass is 14.9. The van der Waals surface area contributed by atoms with Gasteiger partial charge in [0.2, 0.25) is 0 Å². The van der Waals surface area contributed by atoms with Crippen molar-refractivity contribution in [1.29, 1.82) is 0 Å². The molecule has 0 spiro atoms. The van der Waals surface area contributed by atoms with Crippen LogP contribution in [0.1, 0.15) is 59.8 Å². The van der Waals surface area contributed by atoms with Crippen LogP contribution in [0.2, 0.25) is 0 Å². The molecule has 14 heavy (non-hydrogen) atoms. The van der Waals surface area contributed by atoms with Crippen molar-refractivity contribution >= 4 is 0 Å². The summed E-state index contributed by atoms with van der Waals surface area (Å²) in [5.74, 6) is 1.78. The van der Waals surface area contributed by atoms with Gasteiger partial charge in [0.15, 0.2) is 0 Å². The first-order valence-corrected chi connectivity index (χ1v) is 6.39. The Hall–Kier alpha value is -0.0400. The molecule has 0 amide bonds. The van der Waals surface area contributed by atoms with Gasteiger partial charge >= 0.3 is 0 Å². The van der Waals surface area contributed by atoms with Gasteiger partial charge in [-0.3, -0.25) is 0 Å². The van der Waals surface area contributed by atoms with Crippen LogP contribution in [0, 0.1) is 11.8 Å². The minimum atomic E-state index is 0.679. The maximum atomic E-state index is 3.76. The first-order chi connectivity index (χ1) is 6.63. The van der Waals surface area contributed by atoms with E-state index in [9.17, 15) is 0 Å². The normalized spacial score (nSPS) is 30.6. The van der Waals surface area contributed by atoms with E-state index in [2.05, 4.69) is 33.0 Å². The Kier molecular flexibility index (Phi) is 4.94. The fraction of sp³-hybridized carbons (Fsp3) is 1.00. The molecule has 0 aromatic carbocycles. The van der Waals surface area contributed by atoms with Gasteiger partial charge in [0.25, 0.3) is 0 Å². The monoisotopic (exact) mass is 197 g/mol. The van der Waals surface area contributed by atoms with E-state index >= 15 is 0 Å². The van der Waals surface area contributed by atoms with Crippen LogP contribution in [0.15, 0.2) is 0 Å². The average molecular weight is 197 g/mol. The molecule has 1 saturated carbocycles. The lowest BCUT2D eigenvalue weighted by atomic mass is 9.84. The van der Waals surface area contributed by atoms with E-state index in [0.29, 0.717) is 6.04 Å². The lowest BCUT2D eigenvalue weighted by molar-refractivity contribution is 0.256. The van der Waals surface area contributed by atoms with E-state index in [1.54, 1.807) is 0 Å². The summed E-state index contributed by atoms with van der Waals surface area (Å²) in [6, 6.07) is 1.48. The van der Waals surface area contributed by atoms with E-state index < -0.39 is 0 Å². The zero-order valence-corrected chi connectivity index (χ0v) is 10.3. The van der Waals surface area contributed by atoms with E-state index in [0.717, 1.165) is 17.9 Å². The molecule has 1 fully saturated rings. The zero-order chi connectivity index (χ0) is 10.6.